The van der Waals surface area contributed by atoms with Gasteiger partial charge in [0.05, 0.1) is 11.5 Å². The number of rotatable bonds is 8. The molecule has 1 N–H and O–H groups in total. The highest BCUT2D eigenvalue weighted by Gasteiger charge is 2.21. The summed E-state index contributed by atoms with van der Waals surface area (Å²) in [6.45, 7) is 7.23. The van der Waals surface area contributed by atoms with Gasteiger partial charge in [-0.25, -0.2) is 4.39 Å². The van der Waals surface area contributed by atoms with Crippen LogP contribution in [-0.4, -0.2) is 31.0 Å². The standard InChI is InChI=1S/C22H25FN2O2S/c1-4-25(5-2)13-15-8-6-9-16(12-15)24-22(26)21-17(14-27-3)20-18(23)10-7-11-19(20)28-21/h6-12H,4-5,13-14H2,1-3H3,(H,24,26). The molecule has 0 aliphatic carbocycles. The number of carbonyl (C=O) groups excluding carboxylic acids is 1. The molecule has 28 heavy (non-hydrogen) atoms. The Labute approximate surface area is 168 Å². The van der Waals surface area contributed by atoms with Gasteiger partial charge in [0.25, 0.3) is 5.91 Å². The molecule has 3 aromatic rings. The molecule has 0 saturated heterocycles. The topological polar surface area (TPSA) is 41.6 Å². The van der Waals surface area contributed by atoms with Crippen LogP contribution in [0.1, 0.15) is 34.6 Å². The molecule has 3 rings (SSSR count). The first-order chi connectivity index (χ1) is 13.6. The van der Waals surface area contributed by atoms with E-state index < -0.39 is 0 Å². The van der Waals surface area contributed by atoms with E-state index in [1.165, 1.54) is 17.4 Å². The third-order valence-corrected chi connectivity index (χ3v) is 5.94. The van der Waals surface area contributed by atoms with Crippen molar-refractivity contribution in [2.75, 3.05) is 25.5 Å². The Hall–Kier alpha value is -2.28. The molecule has 0 radical (unpaired) electrons. The molecule has 0 aliphatic rings. The summed E-state index contributed by atoms with van der Waals surface area (Å²) in [5.41, 5.74) is 2.47. The van der Waals surface area contributed by atoms with Gasteiger partial charge >= 0.3 is 0 Å². The number of nitrogens with one attached hydrogen (secondary N) is 1. The van der Waals surface area contributed by atoms with Crippen molar-refractivity contribution >= 4 is 33.0 Å². The fraction of sp³-hybridized carbons (Fsp3) is 0.318. The highest BCUT2D eigenvalue weighted by molar-refractivity contribution is 7.21. The molecular formula is C22H25FN2O2S. The van der Waals surface area contributed by atoms with Gasteiger partial charge in [-0.3, -0.25) is 9.69 Å². The van der Waals surface area contributed by atoms with Crippen LogP contribution >= 0.6 is 11.3 Å². The number of benzene rings is 2. The van der Waals surface area contributed by atoms with Crippen molar-refractivity contribution in [3.8, 4) is 0 Å². The molecule has 1 heterocycles. The number of thiophene rings is 1. The van der Waals surface area contributed by atoms with Gasteiger partial charge in [-0.15, -0.1) is 11.3 Å². The van der Waals surface area contributed by atoms with Gasteiger partial charge in [-0.05, 0) is 42.9 Å². The number of halogens is 1. The molecule has 4 nitrogen and oxygen atoms in total. The van der Waals surface area contributed by atoms with Crippen molar-refractivity contribution in [1.82, 2.24) is 4.90 Å². The Morgan fingerprint density at radius 1 is 1.18 bits per heavy atom. The van der Waals surface area contributed by atoms with Crippen LogP contribution in [0.15, 0.2) is 42.5 Å². The number of anilines is 1. The Kier molecular flexibility index (Phi) is 6.78. The molecule has 0 atom stereocenters. The van der Waals surface area contributed by atoms with E-state index in [1.807, 2.05) is 24.3 Å². The van der Waals surface area contributed by atoms with E-state index in [-0.39, 0.29) is 18.3 Å². The van der Waals surface area contributed by atoms with E-state index in [2.05, 4.69) is 30.1 Å². The van der Waals surface area contributed by atoms with Crippen molar-refractivity contribution in [2.45, 2.75) is 27.0 Å². The molecule has 0 aliphatic heterocycles. The highest BCUT2D eigenvalue weighted by Crippen LogP contribution is 2.34. The average Bonchev–Trinajstić information content (AvgIpc) is 3.07. The second-order valence-electron chi connectivity index (χ2n) is 6.57. The third kappa shape index (κ3) is 4.41. The van der Waals surface area contributed by atoms with E-state index >= 15 is 0 Å². The summed E-state index contributed by atoms with van der Waals surface area (Å²) >= 11 is 1.29. The van der Waals surface area contributed by atoms with Gasteiger partial charge in [-0.1, -0.05) is 32.0 Å². The number of amides is 1. The maximum Gasteiger partial charge on any atom is 0.266 e. The second-order valence-corrected chi connectivity index (χ2v) is 7.62. The first kappa shape index (κ1) is 20.5. The predicted octanol–water partition coefficient (Wildman–Crippen LogP) is 5.28. The Morgan fingerprint density at radius 3 is 2.64 bits per heavy atom. The zero-order valence-corrected chi connectivity index (χ0v) is 17.2. The zero-order chi connectivity index (χ0) is 20.1. The number of fused-ring (bicyclic) bond motifs is 1. The second kappa shape index (κ2) is 9.28. The summed E-state index contributed by atoms with van der Waals surface area (Å²) in [5.74, 6) is -0.575. The molecule has 1 amide bonds. The Morgan fingerprint density at radius 2 is 1.93 bits per heavy atom. The van der Waals surface area contributed by atoms with Crippen LogP contribution in [0.3, 0.4) is 0 Å². The minimum atomic E-state index is -0.332. The van der Waals surface area contributed by atoms with Gasteiger partial charge in [0, 0.05) is 35.0 Å². The molecule has 0 spiro atoms. The lowest BCUT2D eigenvalue weighted by Gasteiger charge is -2.18. The normalized spacial score (nSPS) is 11.3. The molecule has 148 valence electrons. The maximum atomic E-state index is 14.3. The first-order valence-electron chi connectivity index (χ1n) is 9.38. The number of carbonyl (C=O) groups is 1. The summed E-state index contributed by atoms with van der Waals surface area (Å²) in [6.07, 6.45) is 0. The lowest BCUT2D eigenvalue weighted by molar-refractivity contribution is 0.102. The summed E-state index contributed by atoms with van der Waals surface area (Å²) in [7, 11) is 1.54. The lowest BCUT2D eigenvalue weighted by Crippen LogP contribution is -2.22. The average molecular weight is 401 g/mol. The quantitative estimate of drug-likeness (QED) is 0.559. The van der Waals surface area contributed by atoms with Crippen LogP contribution < -0.4 is 5.32 Å². The van der Waals surface area contributed by atoms with Crippen LogP contribution in [0.25, 0.3) is 10.1 Å². The lowest BCUT2D eigenvalue weighted by atomic mass is 10.1. The minimum absolute atomic E-state index is 0.186. The van der Waals surface area contributed by atoms with E-state index in [0.29, 0.717) is 15.8 Å². The molecule has 0 bridgehead atoms. The Bertz CT molecular complexity index is 966. The Balaban J connectivity index is 1.87. The van der Waals surface area contributed by atoms with Crippen molar-refractivity contribution < 1.29 is 13.9 Å². The maximum absolute atomic E-state index is 14.3. The summed E-state index contributed by atoms with van der Waals surface area (Å²) in [5, 5.41) is 3.43. The number of ether oxygens (including phenoxy) is 1. The molecule has 0 saturated carbocycles. The van der Waals surface area contributed by atoms with Gasteiger partial charge in [0.15, 0.2) is 0 Å². The largest absolute Gasteiger partial charge is 0.380 e. The van der Waals surface area contributed by atoms with Gasteiger partial charge in [-0.2, -0.15) is 0 Å². The molecule has 2 aromatic carbocycles. The van der Waals surface area contributed by atoms with Crippen LogP contribution in [0.2, 0.25) is 0 Å². The highest BCUT2D eigenvalue weighted by atomic mass is 32.1. The third-order valence-electron chi connectivity index (χ3n) is 4.74. The van der Waals surface area contributed by atoms with Crippen LogP contribution in [0, 0.1) is 5.82 Å². The molecular weight excluding hydrogens is 375 g/mol. The van der Waals surface area contributed by atoms with Crippen molar-refractivity contribution in [3.63, 3.8) is 0 Å². The molecule has 0 unspecified atom stereocenters. The van der Waals surface area contributed by atoms with E-state index in [4.69, 9.17) is 4.74 Å². The molecule has 6 heteroatoms. The molecule has 1 aromatic heterocycles. The number of hydrogen-bond donors (Lipinski definition) is 1. The van der Waals surface area contributed by atoms with Crippen molar-refractivity contribution in [3.05, 3.63) is 64.3 Å². The van der Waals surface area contributed by atoms with E-state index in [9.17, 15) is 9.18 Å². The van der Waals surface area contributed by atoms with Crippen LogP contribution in [0.4, 0.5) is 10.1 Å². The first-order valence-corrected chi connectivity index (χ1v) is 10.2. The van der Waals surface area contributed by atoms with Crippen molar-refractivity contribution in [1.29, 1.82) is 0 Å². The summed E-state index contributed by atoms with van der Waals surface area (Å²) < 4.78 is 20.3. The monoisotopic (exact) mass is 400 g/mol. The van der Waals surface area contributed by atoms with Crippen molar-refractivity contribution in [2.24, 2.45) is 0 Å². The van der Waals surface area contributed by atoms with Gasteiger partial charge < -0.3 is 10.1 Å². The van der Waals surface area contributed by atoms with Gasteiger partial charge in [0.2, 0.25) is 0 Å². The van der Waals surface area contributed by atoms with Crippen LogP contribution in [-0.2, 0) is 17.9 Å². The van der Waals surface area contributed by atoms with Crippen LogP contribution in [0.5, 0.6) is 0 Å². The fourth-order valence-electron chi connectivity index (χ4n) is 3.27. The van der Waals surface area contributed by atoms with E-state index in [1.54, 1.807) is 13.2 Å². The SMILES string of the molecule is CCN(CC)Cc1cccc(NC(=O)c2sc3cccc(F)c3c2COC)c1. The predicted molar refractivity (Wildman–Crippen MR) is 114 cm³/mol. The minimum Gasteiger partial charge on any atom is -0.380 e. The smallest absolute Gasteiger partial charge is 0.266 e. The zero-order valence-electron chi connectivity index (χ0n) is 16.4. The summed E-state index contributed by atoms with van der Waals surface area (Å²) in [4.78, 5) is 15.7. The van der Waals surface area contributed by atoms with Gasteiger partial charge in [0.1, 0.15) is 5.82 Å². The van der Waals surface area contributed by atoms with E-state index in [0.717, 1.165) is 35.6 Å². The number of methoxy groups -OCH3 is 1. The number of nitrogens with zero attached hydrogens (tertiary/aromatic N) is 1. The molecule has 0 fully saturated rings. The number of hydrogen-bond acceptors (Lipinski definition) is 4. The summed E-state index contributed by atoms with van der Waals surface area (Å²) in [6, 6.07) is 12.7. The fourth-order valence-corrected chi connectivity index (χ4v) is 4.39.